The van der Waals surface area contributed by atoms with Gasteiger partial charge >= 0.3 is 144 Å². The molecule has 4 nitrogen and oxygen atoms in total. The molecule has 0 saturated carbocycles. The number of hydrogen-bond donors (Lipinski definition) is 0. The van der Waals surface area contributed by atoms with Gasteiger partial charge in [0.05, 0.1) is 22.5 Å². The number of pyridine rings is 1. The van der Waals surface area contributed by atoms with E-state index < -0.39 is 19.6 Å². The van der Waals surface area contributed by atoms with Crippen molar-refractivity contribution >= 4 is 92.9 Å². The van der Waals surface area contributed by atoms with Crippen molar-refractivity contribution in [2.45, 2.75) is 23.6 Å². The summed E-state index contributed by atoms with van der Waals surface area (Å²) in [7, 11) is 0. The number of hydrogen-bond acceptors (Lipinski definition) is 4. The first-order valence-corrected chi connectivity index (χ1v) is 29.1. The van der Waals surface area contributed by atoms with Gasteiger partial charge in [0.1, 0.15) is 5.58 Å². The molecule has 0 aliphatic rings. The molecule has 0 aliphatic heterocycles. The molecule has 0 bridgehead atoms. The van der Waals surface area contributed by atoms with Gasteiger partial charge in [-0.05, 0) is 56.6 Å². The number of thiophene rings is 1. The Morgan fingerprint density at radius 3 is 2.27 bits per heavy atom. The summed E-state index contributed by atoms with van der Waals surface area (Å²) in [5, 5.41) is 5.86. The molecule has 0 saturated heterocycles. The second-order valence-corrected chi connectivity index (χ2v) is 28.3. The summed E-state index contributed by atoms with van der Waals surface area (Å²) in [6.45, 7) is 0. The number of imidazole rings is 1. The zero-order valence-electron chi connectivity index (χ0n) is 37.1. The average Bonchev–Trinajstić information content (AvgIpc) is 4.03. The first-order chi connectivity index (χ1) is 31.5. The predicted molar refractivity (Wildman–Crippen MR) is 264 cm³/mol. The van der Waals surface area contributed by atoms with Gasteiger partial charge in [-0.2, -0.15) is 11.3 Å². The summed E-state index contributed by atoms with van der Waals surface area (Å²) in [4.78, 5) is 9.83. The molecule has 0 amide bonds. The molecule has 0 atom stereocenters. The Bertz CT molecular complexity index is 3770. The molecular formula is C56H40FGeIrN3OS-2. The van der Waals surface area contributed by atoms with E-state index in [0.29, 0.717) is 16.8 Å². The van der Waals surface area contributed by atoms with Crippen LogP contribution in [0.2, 0.25) is 17.3 Å². The minimum Gasteiger partial charge on any atom is 0 e. The van der Waals surface area contributed by atoms with Crippen LogP contribution >= 0.6 is 11.3 Å². The number of halogens is 1. The number of fused-ring (bicyclic) bond motifs is 8. The van der Waals surface area contributed by atoms with E-state index in [9.17, 15) is 0 Å². The second kappa shape index (κ2) is 17.1. The number of benzene rings is 8. The smallest absolute Gasteiger partial charge is 0 e. The van der Waals surface area contributed by atoms with Crippen LogP contribution in [-0.2, 0) is 26.5 Å². The third-order valence-corrected chi connectivity index (χ3v) is 16.9. The minimum absolute atomic E-state index is 0. The second-order valence-electron chi connectivity index (χ2n) is 16.7. The Labute approximate surface area is 393 Å². The quantitative estimate of drug-likeness (QED) is 0.123. The standard InChI is InChI=1S/C35H18FN2OS.C21H22GeN.Ir/c36-26-17-16-25(34-32(26)24-11-4-6-15-31(24)40-34)35-37-27-18-20-8-1-2-9-21(20)19-29(27)38(35)28-13-7-12-23-22-10-3-5-14-30(22)39-33(23)28;1-22(2,3)20-16-23-21(18-12-8-5-9-13-18)15-19(20)14-17-10-6-4-7-11-17;/h1-15,17-19H;4-12,15-16H,14H2,1-3H3;/q2*-1;/i;14D2;. The molecule has 0 N–H and O–H groups in total. The number of rotatable bonds is 6. The molecule has 12 rings (SSSR count). The van der Waals surface area contributed by atoms with Crippen LogP contribution in [0.5, 0.6) is 0 Å². The van der Waals surface area contributed by atoms with Gasteiger partial charge in [-0.1, -0.05) is 78.4 Å². The van der Waals surface area contributed by atoms with Gasteiger partial charge in [0.2, 0.25) is 0 Å². The maximum absolute atomic E-state index is 15.3. The van der Waals surface area contributed by atoms with Gasteiger partial charge in [0.25, 0.3) is 0 Å². The average molecular weight is 1090 g/mol. The minimum atomic E-state index is -2.30. The van der Waals surface area contributed by atoms with Crippen LogP contribution in [0.1, 0.15) is 13.9 Å². The van der Waals surface area contributed by atoms with Crippen molar-refractivity contribution in [3.05, 3.63) is 205 Å². The Balaban J connectivity index is 0.000000171. The third kappa shape index (κ3) is 7.56. The monoisotopic (exact) mass is 1090 g/mol. The van der Waals surface area contributed by atoms with Crippen LogP contribution in [-0.4, -0.2) is 27.8 Å². The van der Waals surface area contributed by atoms with E-state index in [4.69, 9.17) is 12.1 Å². The molecule has 8 aromatic carbocycles. The van der Waals surface area contributed by atoms with Crippen LogP contribution < -0.4 is 4.40 Å². The fraction of sp³-hybridized carbons (Fsp3) is 0.0714. The largest absolute Gasteiger partial charge is 0 e. The topological polar surface area (TPSA) is 43.9 Å². The molecular weight excluding hydrogens is 1050 g/mol. The van der Waals surface area contributed by atoms with Crippen molar-refractivity contribution in [3.8, 4) is 28.3 Å². The zero-order valence-corrected chi connectivity index (χ0v) is 40.4. The van der Waals surface area contributed by atoms with E-state index in [1.54, 1.807) is 11.3 Å². The Morgan fingerprint density at radius 2 is 1.47 bits per heavy atom. The first-order valence-electron chi connectivity index (χ1n) is 21.9. The van der Waals surface area contributed by atoms with Gasteiger partial charge in [-0.15, -0.1) is 12.1 Å². The third-order valence-electron chi connectivity index (χ3n) is 11.5. The normalized spacial score (nSPS) is 12.4. The molecule has 8 heteroatoms. The van der Waals surface area contributed by atoms with Crippen LogP contribution in [0, 0.1) is 17.9 Å². The van der Waals surface area contributed by atoms with E-state index >= 15 is 4.39 Å². The first kappa shape index (κ1) is 39.4. The van der Waals surface area contributed by atoms with Crippen LogP contribution in [0.15, 0.2) is 180 Å². The van der Waals surface area contributed by atoms with Crippen molar-refractivity contribution in [1.29, 1.82) is 0 Å². The molecule has 4 aromatic heterocycles. The summed E-state index contributed by atoms with van der Waals surface area (Å²) in [6.07, 6.45) is 0.341. The van der Waals surface area contributed by atoms with Crippen LogP contribution in [0.3, 0.4) is 0 Å². The van der Waals surface area contributed by atoms with Crippen LogP contribution in [0.4, 0.5) is 4.39 Å². The molecule has 1 radical (unpaired) electrons. The van der Waals surface area contributed by atoms with E-state index in [-0.39, 0.29) is 25.9 Å². The van der Waals surface area contributed by atoms with Crippen molar-refractivity contribution in [2.75, 3.05) is 0 Å². The fourth-order valence-electron chi connectivity index (χ4n) is 8.51. The van der Waals surface area contributed by atoms with Gasteiger partial charge < -0.3 is 8.98 Å². The summed E-state index contributed by atoms with van der Waals surface area (Å²) in [6, 6.07) is 61.8. The van der Waals surface area contributed by atoms with Crippen LogP contribution in [0.25, 0.3) is 92.2 Å². The molecule has 0 aliphatic carbocycles. The van der Waals surface area contributed by atoms with Gasteiger partial charge in [-0.25, -0.2) is 0 Å². The number of para-hydroxylation sites is 2. The maximum atomic E-state index is 15.3. The molecule has 0 spiro atoms. The van der Waals surface area contributed by atoms with E-state index in [0.717, 1.165) is 91.0 Å². The SMILES string of the molecule is Fc1c[c-]c(-c2nc3cc4ccccc4cc3n2-c2cccc3c2oc2ccccc23)c2sc3ccccc3c12.[2H]C([2H])(c1ccccc1)c1cc(-c2[c-]cccc2)nc[c]1[Ge]([CH3])([CH3])[CH3].[Ir]. The van der Waals surface area contributed by atoms with Crippen molar-refractivity contribution < 1.29 is 31.7 Å². The fourth-order valence-corrected chi connectivity index (χ4v) is 12.6. The Kier molecular flexibility index (Phi) is 10.5. The predicted octanol–water partition coefficient (Wildman–Crippen LogP) is 14.7. The number of furan rings is 1. The Hall–Kier alpha value is -6.22. The molecule has 313 valence electrons. The van der Waals surface area contributed by atoms with Gasteiger partial charge in [0.15, 0.2) is 5.58 Å². The van der Waals surface area contributed by atoms with E-state index in [1.165, 1.54) is 6.07 Å². The number of aromatic nitrogens is 3. The van der Waals surface area contributed by atoms with Gasteiger partial charge in [0, 0.05) is 41.4 Å². The summed E-state index contributed by atoms with van der Waals surface area (Å²) < 4.78 is 44.6. The number of nitrogens with zero attached hydrogens (tertiary/aromatic N) is 3. The summed E-state index contributed by atoms with van der Waals surface area (Å²) in [5.41, 5.74) is 8.16. The zero-order chi connectivity index (χ0) is 44.5. The molecule has 0 unspecified atom stereocenters. The molecule has 4 heterocycles. The molecule has 64 heavy (non-hydrogen) atoms. The van der Waals surface area contributed by atoms with Crippen molar-refractivity contribution in [3.63, 3.8) is 0 Å². The maximum Gasteiger partial charge on any atom is 0 e. The summed E-state index contributed by atoms with van der Waals surface area (Å²) in [5.74, 6) is 7.25. The van der Waals surface area contributed by atoms with E-state index in [2.05, 4.69) is 87.5 Å². The van der Waals surface area contributed by atoms with Crippen molar-refractivity contribution in [2.24, 2.45) is 0 Å². The van der Waals surface area contributed by atoms with Crippen molar-refractivity contribution in [1.82, 2.24) is 14.5 Å². The summed E-state index contributed by atoms with van der Waals surface area (Å²) >= 11 is -0.727. The molecule has 12 aromatic rings. The van der Waals surface area contributed by atoms with Gasteiger partial charge in [-0.3, -0.25) is 9.37 Å². The van der Waals surface area contributed by atoms with E-state index in [1.807, 2.05) is 121 Å². The Morgan fingerprint density at radius 1 is 0.750 bits per heavy atom. The molecule has 0 fully saturated rings.